The molecule has 94 valence electrons. The summed E-state index contributed by atoms with van der Waals surface area (Å²) >= 11 is 0. The van der Waals surface area contributed by atoms with Crippen LogP contribution in [0, 0.1) is 11.2 Å². The first kappa shape index (κ1) is 12.6. The molecule has 1 N–H and O–H groups in total. The first-order valence-electron chi connectivity index (χ1n) is 6.58. The zero-order chi connectivity index (χ0) is 12.3. The fourth-order valence-electron chi connectivity index (χ4n) is 2.70. The Kier molecular flexibility index (Phi) is 3.82. The van der Waals surface area contributed by atoms with E-state index in [-0.39, 0.29) is 11.9 Å². The molecular weight excluding hydrogens is 213 g/mol. The Morgan fingerprint density at radius 2 is 2.06 bits per heavy atom. The normalized spacial score (nSPS) is 20.4. The Balaban J connectivity index is 1.91. The topological polar surface area (TPSA) is 12.0 Å². The first-order chi connectivity index (χ1) is 8.09. The van der Waals surface area contributed by atoms with E-state index in [1.165, 1.54) is 31.7 Å². The van der Waals surface area contributed by atoms with E-state index in [9.17, 15) is 4.39 Å². The summed E-state index contributed by atoms with van der Waals surface area (Å²) in [7, 11) is 0. The molecule has 0 aliphatic heterocycles. The average Bonchev–Trinajstić information content (AvgIpc) is 2.74. The molecule has 0 bridgehead atoms. The molecule has 2 rings (SSSR count). The van der Waals surface area contributed by atoms with Gasteiger partial charge in [-0.1, -0.05) is 31.9 Å². The van der Waals surface area contributed by atoms with E-state index in [0.29, 0.717) is 5.41 Å². The molecule has 1 aliphatic rings. The number of nitrogens with one attached hydrogen (secondary N) is 1. The zero-order valence-electron chi connectivity index (χ0n) is 10.8. The van der Waals surface area contributed by atoms with Gasteiger partial charge in [-0.3, -0.25) is 0 Å². The van der Waals surface area contributed by atoms with Gasteiger partial charge in [0.1, 0.15) is 5.82 Å². The van der Waals surface area contributed by atoms with E-state index in [4.69, 9.17) is 0 Å². The second kappa shape index (κ2) is 5.18. The maximum absolute atomic E-state index is 13.1. The van der Waals surface area contributed by atoms with Gasteiger partial charge in [0.2, 0.25) is 0 Å². The highest BCUT2D eigenvalue weighted by Crippen LogP contribution is 2.37. The predicted molar refractivity (Wildman–Crippen MR) is 69.4 cm³/mol. The van der Waals surface area contributed by atoms with Crippen LogP contribution >= 0.6 is 0 Å². The van der Waals surface area contributed by atoms with Gasteiger partial charge in [-0.25, -0.2) is 4.39 Å². The Labute approximate surface area is 103 Å². The van der Waals surface area contributed by atoms with Crippen LogP contribution in [-0.4, -0.2) is 6.54 Å². The second-order valence-corrected chi connectivity index (χ2v) is 5.68. The third-order valence-electron chi connectivity index (χ3n) is 3.99. The van der Waals surface area contributed by atoms with Gasteiger partial charge in [-0.05, 0) is 42.9 Å². The van der Waals surface area contributed by atoms with Gasteiger partial charge in [0.15, 0.2) is 0 Å². The minimum absolute atomic E-state index is 0.150. The third-order valence-corrected chi connectivity index (χ3v) is 3.99. The molecule has 17 heavy (non-hydrogen) atoms. The molecule has 0 radical (unpaired) electrons. The lowest BCUT2D eigenvalue weighted by molar-refractivity contribution is 0.301. The van der Waals surface area contributed by atoms with Crippen molar-refractivity contribution in [1.82, 2.24) is 5.32 Å². The molecule has 0 aromatic heterocycles. The van der Waals surface area contributed by atoms with Crippen LogP contribution in [0.25, 0.3) is 0 Å². The van der Waals surface area contributed by atoms with Crippen molar-refractivity contribution in [1.29, 1.82) is 0 Å². The fourth-order valence-corrected chi connectivity index (χ4v) is 2.70. The standard InChI is InChI=1S/C15H22FN/c1-12(13-6-5-7-14(16)10-13)17-11-15(2)8-3-4-9-15/h5-7,10,12,17H,3-4,8-9,11H2,1-2H3. The highest BCUT2D eigenvalue weighted by Gasteiger charge is 2.28. The van der Waals surface area contributed by atoms with Crippen molar-refractivity contribution in [2.24, 2.45) is 5.41 Å². The molecule has 1 saturated carbocycles. The van der Waals surface area contributed by atoms with Crippen LogP contribution in [0.2, 0.25) is 0 Å². The van der Waals surface area contributed by atoms with Crippen molar-refractivity contribution in [3.8, 4) is 0 Å². The van der Waals surface area contributed by atoms with Crippen molar-refractivity contribution in [2.75, 3.05) is 6.54 Å². The number of rotatable bonds is 4. The lowest BCUT2D eigenvalue weighted by Crippen LogP contribution is -2.31. The van der Waals surface area contributed by atoms with E-state index in [1.807, 2.05) is 6.07 Å². The van der Waals surface area contributed by atoms with Crippen LogP contribution in [0.4, 0.5) is 4.39 Å². The molecule has 2 heteroatoms. The van der Waals surface area contributed by atoms with E-state index < -0.39 is 0 Å². The fraction of sp³-hybridized carbons (Fsp3) is 0.600. The lowest BCUT2D eigenvalue weighted by atomic mass is 9.88. The monoisotopic (exact) mass is 235 g/mol. The van der Waals surface area contributed by atoms with Gasteiger partial charge in [0.05, 0.1) is 0 Å². The molecule has 0 spiro atoms. The number of benzene rings is 1. The van der Waals surface area contributed by atoms with Crippen molar-refractivity contribution in [3.63, 3.8) is 0 Å². The SMILES string of the molecule is CC(NCC1(C)CCCC1)c1cccc(F)c1. The molecule has 0 amide bonds. The van der Waals surface area contributed by atoms with E-state index in [0.717, 1.165) is 12.1 Å². The smallest absolute Gasteiger partial charge is 0.123 e. The van der Waals surface area contributed by atoms with E-state index in [1.54, 1.807) is 12.1 Å². The number of hydrogen-bond acceptors (Lipinski definition) is 1. The molecule has 0 heterocycles. The summed E-state index contributed by atoms with van der Waals surface area (Å²) in [4.78, 5) is 0. The third kappa shape index (κ3) is 3.29. The maximum Gasteiger partial charge on any atom is 0.123 e. The summed E-state index contributed by atoms with van der Waals surface area (Å²) in [6.07, 6.45) is 5.34. The zero-order valence-corrected chi connectivity index (χ0v) is 10.8. The molecule has 0 saturated heterocycles. The molecule has 1 unspecified atom stereocenters. The summed E-state index contributed by atoms with van der Waals surface area (Å²) < 4.78 is 13.1. The average molecular weight is 235 g/mol. The van der Waals surface area contributed by atoms with Crippen LogP contribution in [0.3, 0.4) is 0 Å². The molecule has 1 aromatic rings. The predicted octanol–water partition coefficient (Wildman–Crippen LogP) is 4.06. The van der Waals surface area contributed by atoms with Gasteiger partial charge in [0.25, 0.3) is 0 Å². The first-order valence-corrected chi connectivity index (χ1v) is 6.58. The van der Waals surface area contributed by atoms with Gasteiger partial charge in [0, 0.05) is 12.6 Å². The van der Waals surface area contributed by atoms with Crippen molar-refractivity contribution < 1.29 is 4.39 Å². The molecule has 1 fully saturated rings. The van der Waals surface area contributed by atoms with Crippen LogP contribution < -0.4 is 5.32 Å². The minimum Gasteiger partial charge on any atom is -0.310 e. The molecule has 1 aliphatic carbocycles. The maximum atomic E-state index is 13.1. The van der Waals surface area contributed by atoms with Crippen molar-refractivity contribution in [3.05, 3.63) is 35.6 Å². The van der Waals surface area contributed by atoms with Gasteiger partial charge in [-0.2, -0.15) is 0 Å². The Hall–Kier alpha value is -0.890. The Morgan fingerprint density at radius 1 is 1.35 bits per heavy atom. The molecular formula is C15H22FN. The van der Waals surface area contributed by atoms with Gasteiger partial charge < -0.3 is 5.32 Å². The molecule has 1 nitrogen and oxygen atoms in total. The summed E-state index contributed by atoms with van der Waals surface area (Å²) in [5, 5.41) is 3.54. The summed E-state index contributed by atoms with van der Waals surface area (Å²) in [5.74, 6) is -0.150. The quantitative estimate of drug-likeness (QED) is 0.830. The minimum atomic E-state index is -0.150. The van der Waals surface area contributed by atoms with Crippen molar-refractivity contribution >= 4 is 0 Å². The van der Waals surface area contributed by atoms with E-state index in [2.05, 4.69) is 19.2 Å². The van der Waals surface area contributed by atoms with Crippen LogP contribution in [0.15, 0.2) is 24.3 Å². The van der Waals surface area contributed by atoms with Crippen LogP contribution in [0.1, 0.15) is 51.1 Å². The highest BCUT2D eigenvalue weighted by atomic mass is 19.1. The second-order valence-electron chi connectivity index (χ2n) is 5.68. The van der Waals surface area contributed by atoms with Gasteiger partial charge in [-0.15, -0.1) is 0 Å². The Morgan fingerprint density at radius 3 is 2.71 bits per heavy atom. The highest BCUT2D eigenvalue weighted by molar-refractivity contribution is 5.19. The van der Waals surface area contributed by atoms with Gasteiger partial charge >= 0.3 is 0 Å². The van der Waals surface area contributed by atoms with Crippen LogP contribution in [0.5, 0.6) is 0 Å². The van der Waals surface area contributed by atoms with Crippen LogP contribution in [-0.2, 0) is 0 Å². The molecule has 1 atom stereocenters. The largest absolute Gasteiger partial charge is 0.310 e. The lowest BCUT2D eigenvalue weighted by Gasteiger charge is -2.26. The molecule has 1 aromatic carbocycles. The Bertz CT molecular complexity index is 369. The summed E-state index contributed by atoms with van der Waals surface area (Å²) in [6, 6.07) is 7.10. The number of halogens is 1. The summed E-state index contributed by atoms with van der Waals surface area (Å²) in [6.45, 7) is 5.49. The number of hydrogen-bond donors (Lipinski definition) is 1. The van der Waals surface area contributed by atoms with Crippen molar-refractivity contribution in [2.45, 2.75) is 45.6 Å². The summed E-state index contributed by atoms with van der Waals surface area (Å²) in [5.41, 5.74) is 1.48. The van der Waals surface area contributed by atoms with E-state index >= 15 is 0 Å².